The molecule has 27 heavy (non-hydrogen) atoms. The van der Waals surface area contributed by atoms with Crippen molar-refractivity contribution in [1.82, 2.24) is 14.4 Å². The number of aromatic nitrogens is 1. The molecule has 2 fully saturated rings. The minimum atomic E-state index is -0.139. The molecule has 1 aromatic rings. The molecule has 0 bridgehead atoms. The first kappa shape index (κ1) is 19.6. The average molecular weight is 375 g/mol. The van der Waals surface area contributed by atoms with Gasteiger partial charge in [0.05, 0.1) is 13.2 Å². The number of rotatable bonds is 5. The first-order valence-corrected chi connectivity index (χ1v) is 9.93. The number of hydrogen-bond acceptors (Lipinski definition) is 4. The molecule has 7 heteroatoms. The van der Waals surface area contributed by atoms with Crippen molar-refractivity contribution >= 4 is 11.8 Å². The number of carbonyl (C=O) groups excluding carboxylic acids is 2. The monoisotopic (exact) mass is 375 g/mol. The van der Waals surface area contributed by atoms with Crippen LogP contribution in [0.5, 0.6) is 0 Å². The normalized spacial score (nSPS) is 18.6. The van der Waals surface area contributed by atoms with Crippen molar-refractivity contribution in [1.29, 1.82) is 0 Å². The van der Waals surface area contributed by atoms with Crippen molar-refractivity contribution < 1.29 is 14.3 Å². The Bertz CT molecular complexity index is 716. The molecule has 2 aliphatic heterocycles. The fourth-order valence-electron chi connectivity index (χ4n) is 3.81. The van der Waals surface area contributed by atoms with Crippen molar-refractivity contribution in [2.75, 3.05) is 39.4 Å². The number of likely N-dealkylation sites (tertiary alicyclic amines) is 1. The maximum atomic E-state index is 12.6. The Hall–Kier alpha value is -2.15. The topological polar surface area (TPSA) is 71.8 Å². The van der Waals surface area contributed by atoms with Gasteiger partial charge in [0.25, 0.3) is 11.5 Å². The van der Waals surface area contributed by atoms with E-state index >= 15 is 0 Å². The first-order chi connectivity index (χ1) is 13.1. The van der Waals surface area contributed by atoms with Crippen molar-refractivity contribution in [3.8, 4) is 0 Å². The molecule has 0 spiro atoms. The van der Waals surface area contributed by atoms with E-state index in [2.05, 4.69) is 0 Å². The van der Waals surface area contributed by atoms with E-state index in [-0.39, 0.29) is 17.4 Å². The van der Waals surface area contributed by atoms with E-state index in [1.54, 1.807) is 16.8 Å². The van der Waals surface area contributed by atoms with Gasteiger partial charge < -0.3 is 19.1 Å². The smallest absolute Gasteiger partial charge is 0.254 e. The van der Waals surface area contributed by atoms with Crippen molar-refractivity contribution in [3.05, 3.63) is 34.2 Å². The highest BCUT2D eigenvalue weighted by atomic mass is 16.5. The van der Waals surface area contributed by atoms with E-state index in [0.717, 1.165) is 19.3 Å². The van der Waals surface area contributed by atoms with Crippen LogP contribution in [0.2, 0.25) is 0 Å². The fraction of sp³-hybridized carbons (Fsp3) is 0.650. The van der Waals surface area contributed by atoms with E-state index in [1.165, 1.54) is 6.07 Å². The molecule has 3 heterocycles. The van der Waals surface area contributed by atoms with E-state index in [0.29, 0.717) is 63.8 Å². The van der Waals surface area contributed by atoms with Gasteiger partial charge in [-0.25, -0.2) is 0 Å². The second kappa shape index (κ2) is 9.17. The standard InChI is InChI=1S/C20H29N3O4/c1-2-21-10-7-17(15-19(21)25)20(26)23-8-5-16(6-9-23)3-4-18(24)22-11-13-27-14-12-22/h7,10,15-16H,2-6,8-9,11-14H2,1H3. The lowest BCUT2D eigenvalue weighted by Gasteiger charge is -2.33. The molecule has 3 rings (SSSR count). The van der Waals surface area contributed by atoms with Crippen LogP contribution in [-0.2, 0) is 16.1 Å². The highest BCUT2D eigenvalue weighted by molar-refractivity contribution is 5.94. The van der Waals surface area contributed by atoms with Crippen molar-refractivity contribution in [3.63, 3.8) is 0 Å². The third kappa shape index (κ3) is 4.97. The zero-order valence-electron chi connectivity index (χ0n) is 16.1. The lowest BCUT2D eigenvalue weighted by Crippen LogP contribution is -2.41. The van der Waals surface area contributed by atoms with E-state index < -0.39 is 0 Å². The molecule has 1 aromatic heterocycles. The largest absolute Gasteiger partial charge is 0.378 e. The van der Waals surface area contributed by atoms with Gasteiger partial charge in [-0.3, -0.25) is 14.4 Å². The molecule has 0 N–H and O–H groups in total. The lowest BCUT2D eigenvalue weighted by molar-refractivity contribution is -0.135. The van der Waals surface area contributed by atoms with Gasteiger partial charge >= 0.3 is 0 Å². The summed E-state index contributed by atoms with van der Waals surface area (Å²) < 4.78 is 6.86. The molecule has 0 unspecified atom stereocenters. The predicted molar refractivity (Wildman–Crippen MR) is 102 cm³/mol. The quantitative estimate of drug-likeness (QED) is 0.779. The third-order valence-electron chi connectivity index (χ3n) is 5.62. The maximum Gasteiger partial charge on any atom is 0.254 e. The van der Waals surface area contributed by atoms with E-state index in [4.69, 9.17) is 4.74 Å². The summed E-state index contributed by atoms with van der Waals surface area (Å²) in [6.07, 6.45) is 4.96. The number of ether oxygens (including phenoxy) is 1. The van der Waals surface area contributed by atoms with Gasteiger partial charge in [-0.15, -0.1) is 0 Å². The molecule has 0 aromatic carbocycles. The zero-order valence-corrected chi connectivity index (χ0v) is 16.1. The maximum absolute atomic E-state index is 12.6. The van der Waals surface area contributed by atoms with Crippen LogP contribution in [0.3, 0.4) is 0 Å². The number of amides is 2. The lowest BCUT2D eigenvalue weighted by atomic mass is 9.91. The van der Waals surface area contributed by atoms with Crippen LogP contribution in [0.1, 0.15) is 43.0 Å². The van der Waals surface area contributed by atoms with Crippen molar-refractivity contribution in [2.24, 2.45) is 5.92 Å². The number of aryl methyl sites for hydroxylation is 1. The van der Waals surface area contributed by atoms with Crippen LogP contribution in [0.25, 0.3) is 0 Å². The Morgan fingerprint density at radius 2 is 1.81 bits per heavy atom. The Kier molecular flexibility index (Phi) is 6.66. The molecule has 0 radical (unpaired) electrons. The van der Waals surface area contributed by atoms with Gasteiger partial charge in [0.1, 0.15) is 0 Å². The summed E-state index contributed by atoms with van der Waals surface area (Å²) in [7, 11) is 0. The predicted octanol–water partition coefficient (Wildman–Crippen LogP) is 1.36. The molecule has 7 nitrogen and oxygen atoms in total. The summed E-state index contributed by atoms with van der Waals surface area (Å²) in [5.74, 6) is 0.624. The second-order valence-electron chi connectivity index (χ2n) is 7.31. The Morgan fingerprint density at radius 1 is 1.11 bits per heavy atom. The molecule has 2 aliphatic rings. The molecule has 2 saturated heterocycles. The number of carbonyl (C=O) groups is 2. The highest BCUT2D eigenvalue weighted by Gasteiger charge is 2.25. The van der Waals surface area contributed by atoms with Crippen LogP contribution in [0.15, 0.2) is 23.1 Å². The SMILES string of the molecule is CCn1ccc(C(=O)N2CCC(CCC(=O)N3CCOCC3)CC2)cc1=O. The minimum absolute atomic E-state index is 0.0711. The van der Waals surface area contributed by atoms with Crippen LogP contribution in [0, 0.1) is 5.92 Å². The van der Waals surface area contributed by atoms with Gasteiger partial charge in [-0.05, 0) is 38.2 Å². The Balaban J connectivity index is 1.45. The summed E-state index contributed by atoms with van der Waals surface area (Å²) in [4.78, 5) is 40.5. The fourth-order valence-corrected chi connectivity index (χ4v) is 3.81. The number of nitrogens with zero attached hydrogens (tertiary/aromatic N) is 3. The number of piperidine rings is 1. The number of hydrogen-bond donors (Lipinski definition) is 0. The Labute approximate surface area is 159 Å². The summed E-state index contributed by atoms with van der Waals surface area (Å²) in [6, 6.07) is 3.15. The molecule has 148 valence electrons. The summed E-state index contributed by atoms with van der Waals surface area (Å²) in [5.41, 5.74) is 0.325. The van der Waals surface area contributed by atoms with Crippen LogP contribution in [0.4, 0.5) is 0 Å². The van der Waals surface area contributed by atoms with E-state index in [1.807, 2.05) is 16.7 Å². The van der Waals surface area contributed by atoms with Crippen LogP contribution >= 0.6 is 0 Å². The highest BCUT2D eigenvalue weighted by Crippen LogP contribution is 2.23. The van der Waals surface area contributed by atoms with Crippen LogP contribution < -0.4 is 5.56 Å². The zero-order chi connectivity index (χ0) is 19.2. The molecule has 0 atom stereocenters. The first-order valence-electron chi connectivity index (χ1n) is 9.93. The second-order valence-corrected chi connectivity index (χ2v) is 7.31. The third-order valence-corrected chi connectivity index (χ3v) is 5.62. The molecule has 2 amide bonds. The Morgan fingerprint density at radius 3 is 2.44 bits per heavy atom. The minimum Gasteiger partial charge on any atom is -0.378 e. The van der Waals surface area contributed by atoms with Gasteiger partial charge in [0.15, 0.2) is 0 Å². The van der Waals surface area contributed by atoms with E-state index in [9.17, 15) is 14.4 Å². The molecular formula is C20H29N3O4. The van der Waals surface area contributed by atoms with Gasteiger partial charge in [0, 0.05) is 57.0 Å². The summed E-state index contributed by atoms with van der Waals surface area (Å²) in [6.45, 7) is 6.53. The number of pyridine rings is 1. The average Bonchev–Trinajstić information content (AvgIpc) is 2.72. The molecule has 0 aliphatic carbocycles. The van der Waals surface area contributed by atoms with Crippen molar-refractivity contribution in [2.45, 2.75) is 39.2 Å². The van der Waals surface area contributed by atoms with Gasteiger partial charge in [-0.1, -0.05) is 0 Å². The molecular weight excluding hydrogens is 346 g/mol. The number of morpholine rings is 1. The van der Waals surface area contributed by atoms with Gasteiger partial charge in [-0.2, -0.15) is 0 Å². The molecule has 0 saturated carbocycles. The summed E-state index contributed by atoms with van der Waals surface area (Å²) in [5, 5.41) is 0. The summed E-state index contributed by atoms with van der Waals surface area (Å²) >= 11 is 0. The van der Waals surface area contributed by atoms with Crippen LogP contribution in [-0.4, -0.2) is 65.6 Å². The van der Waals surface area contributed by atoms with Gasteiger partial charge in [0.2, 0.25) is 5.91 Å².